The highest BCUT2D eigenvalue weighted by Gasteiger charge is 2.13. The van der Waals surface area contributed by atoms with Crippen LogP contribution in [0.5, 0.6) is 11.5 Å². The smallest absolute Gasteiger partial charge is 0.243 e. The minimum atomic E-state index is -0.275. The Hall–Kier alpha value is -2.41. The van der Waals surface area contributed by atoms with Gasteiger partial charge in [-0.25, -0.2) is 0 Å². The summed E-state index contributed by atoms with van der Waals surface area (Å²) in [5.74, 6) is 1.76. The SMILES string of the molecule is COc1cc(NC(=O)CNc2cc(C)on2)c(OC)cc1Cl. The van der Waals surface area contributed by atoms with Crippen molar-refractivity contribution in [1.82, 2.24) is 5.16 Å². The molecule has 0 saturated carbocycles. The molecule has 1 aromatic heterocycles. The molecule has 2 N–H and O–H groups in total. The summed E-state index contributed by atoms with van der Waals surface area (Å²) in [4.78, 5) is 12.0. The molecule has 1 aromatic carbocycles. The first-order valence-corrected chi connectivity index (χ1v) is 6.80. The summed E-state index contributed by atoms with van der Waals surface area (Å²) in [6.45, 7) is 1.79. The van der Waals surface area contributed by atoms with Crippen molar-refractivity contribution in [2.24, 2.45) is 0 Å². The van der Waals surface area contributed by atoms with Gasteiger partial charge >= 0.3 is 0 Å². The van der Waals surface area contributed by atoms with Crippen LogP contribution < -0.4 is 20.1 Å². The van der Waals surface area contributed by atoms with Crippen molar-refractivity contribution in [3.8, 4) is 11.5 Å². The number of carbonyl (C=O) groups is 1. The van der Waals surface area contributed by atoms with Gasteiger partial charge in [-0.3, -0.25) is 4.79 Å². The van der Waals surface area contributed by atoms with E-state index in [-0.39, 0.29) is 12.5 Å². The number of benzene rings is 1. The first kappa shape index (κ1) is 16.0. The second-order valence-corrected chi connectivity index (χ2v) is 4.82. The third-order valence-corrected chi connectivity index (χ3v) is 3.10. The number of carbonyl (C=O) groups excluding carboxylic acids is 1. The van der Waals surface area contributed by atoms with Crippen LogP contribution in [0.4, 0.5) is 11.5 Å². The van der Waals surface area contributed by atoms with Gasteiger partial charge in [0.15, 0.2) is 5.82 Å². The van der Waals surface area contributed by atoms with Crippen molar-refractivity contribution in [3.63, 3.8) is 0 Å². The molecule has 0 aliphatic carbocycles. The molecule has 7 nitrogen and oxygen atoms in total. The molecule has 1 heterocycles. The molecule has 0 saturated heterocycles. The molecule has 2 rings (SSSR count). The lowest BCUT2D eigenvalue weighted by atomic mass is 10.2. The lowest BCUT2D eigenvalue weighted by molar-refractivity contribution is -0.114. The largest absolute Gasteiger partial charge is 0.495 e. The molecule has 0 bridgehead atoms. The highest BCUT2D eigenvalue weighted by molar-refractivity contribution is 6.32. The highest BCUT2D eigenvalue weighted by atomic mass is 35.5. The molecular weight excluding hydrogens is 310 g/mol. The molecule has 0 radical (unpaired) electrons. The van der Waals surface area contributed by atoms with Gasteiger partial charge in [-0.1, -0.05) is 16.8 Å². The Kier molecular flexibility index (Phi) is 5.11. The predicted octanol–water partition coefficient (Wildman–Crippen LogP) is 2.70. The first-order chi connectivity index (χ1) is 10.5. The van der Waals surface area contributed by atoms with E-state index in [9.17, 15) is 4.79 Å². The second-order valence-electron chi connectivity index (χ2n) is 4.41. The molecule has 0 atom stereocenters. The molecule has 0 aliphatic rings. The van der Waals surface area contributed by atoms with Gasteiger partial charge in [-0.15, -0.1) is 0 Å². The quantitative estimate of drug-likeness (QED) is 0.849. The predicted molar refractivity (Wildman–Crippen MR) is 82.9 cm³/mol. The van der Waals surface area contributed by atoms with Gasteiger partial charge in [-0.05, 0) is 6.92 Å². The van der Waals surface area contributed by atoms with Crippen LogP contribution in [-0.4, -0.2) is 31.8 Å². The summed E-state index contributed by atoms with van der Waals surface area (Å²) in [7, 11) is 2.98. The van der Waals surface area contributed by atoms with Gasteiger partial charge < -0.3 is 24.6 Å². The molecule has 22 heavy (non-hydrogen) atoms. The molecule has 0 unspecified atom stereocenters. The Morgan fingerprint density at radius 1 is 1.27 bits per heavy atom. The van der Waals surface area contributed by atoms with Crippen LogP contribution in [-0.2, 0) is 4.79 Å². The van der Waals surface area contributed by atoms with Crippen molar-refractivity contribution >= 4 is 29.0 Å². The van der Waals surface area contributed by atoms with Crippen molar-refractivity contribution in [1.29, 1.82) is 0 Å². The summed E-state index contributed by atoms with van der Waals surface area (Å²) < 4.78 is 15.2. The maximum Gasteiger partial charge on any atom is 0.243 e. The fraction of sp³-hybridized carbons (Fsp3) is 0.286. The van der Waals surface area contributed by atoms with Crippen LogP contribution in [0.2, 0.25) is 5.02 Å². The molecule has 8 heteroatoms. The number of amides is 1. The first-order valence-electron chi connectivity index (χ1n) is 6.42. The number of halogens is 1. The Labute approximate surface area is 132 Å². The fourth-order valence-electron chi connectivity index (χ4n) is 1.77. The van der Waals surface area contributed by atoms with Gasteiger partial charge in [0.05, 0.1) is 31.5 Å². The van der Waals surface area contributed by atoms with E-state index >= 15 is 0 Å². The summed E-state index contributed by atoms with van der Waals surface area (Å²) in [5.41, 5.74) is 0.465. The Bertz CT molecular complexity index is 672. The topological polar surface area (TPSA) is 85.6 Å². The number of aryl methyl sites for hydroxylation is 1. The monoisotopic (exact) mass is 325 g/mol. The van der Waals surface area contributed by atoms with E-state index < -0.39 is 0 Å². The zero-order valence-corrected chi connectivity index (χ0v) is 13.2. The summed E-state index contributed by atoms with van der Waals surface area (Å²) in [5, 5.41) is 9.70. The van der Waals surface area contributed by atoms with Crippen molar-refractivity contribution in [2.75, 3.05) is 31.4 Å². The Morgan fingerprint density at radius 2 is 2.00 bits per heavy atom. The van der Waals surface area contributed by atoms with Gasteiger partial charge in [0, 0.05) is 18.2 Å². The molecular formula is C14H16ClN3O4. The molecule has 118 valence electrons. The van der Waals surface area contributed by atoms with Gasteiger partial charge in [0.1, 0.15) is 17.3 Å². The van der Waals surface area contributed by atoms with Gasteiger partial charge in [0.25, 0.3) is 0 Å². The average molecular weight is 326 g/mol. The van der Waals surface area contributed by atoms with Gasteiger partial charge in [0.2, 0.25) is 5.91 Å². The Morgan fingerprint density at radius 3 is 2.59 bits per heavy atom. The standard InChI is InChI=1S/C14H16ClN3O4/c1-8-4-13(18-22-8)16-7-14(19)17-10-6-11(20-2)9(15)5-12(10)21-3/h4-6H,7H2,1-3H3,(H,16,18)(H,17,19). The lowest BCUT2D eigenvalue weighted by Crippen LogP contribution is -2.22. The van der Waals surface area contributed by atoms with E-state index in [1.165, 1.54) is 14.2 Å². The van der Waals surface area contributed by atoms with Crippen molar-refractivity contribution in [3.05, 3.63) is 29.0 Å². The summed E-state index contributed by atoms with van der Waals surface area (Å²) in [6.07, 6.45) is 0. The lowest BCUT2D eigenvalue weighted by Gasteiger charge is -2.13. The number of aromatic nitrogens is 1. The summed E-state index contributed by atoms with van der Waals surface area (Å²) in [6, 6.07) is 4.86. The van der Waals surface area contributed by atoms with Crippen LogP contribution in [0.15, 0.2) is 22.7 Å². The molecule has 0 aliphatic heterocycles. The van der Waals surface area contributed by atoms with Gasteiger partial charge in [-0.2, -0.15) is 0 Å². The number of hydrogen-bond donors (Lipinski definition) is 2. The van der Waals surface area contributed by atoms with E-state index in [1.807, 2.05) is 0 Å². The maximum absolute atomic E-state index is 12.0. The summed E-state index contributed by atoms with van der Waals surface area (Å²) >= 11 is 6.01. The number of methoxy groups -OCH3 is 2. The number of hydrogen-bond acceptors (Lipinski definition) is 6. The minimum Gasteiger partial charge on any atom is -0.495 e. The number of nitrogens with zero attached hydrogens (tertiary/aromatic N) is 1. The van der Waals surface area contributed by atoms with Crippen molar-refractivity contribution < 1.29 is 18.8 Å². The van der Waals surface area contributed by atoms with E-state index in [1.54, 1.807) is 25.1 Å². The zero-order valence-electron chi connectivity index (χ0n) is 12.4. The highest BCUT2D eigenvalue weighted by Crippen LogP contribution is 2.35. The van der Waals surface area contributed by atoms with E-state index in [2.05, 4.69) is 15.8 Å². The van der Waals surface area contributed by atoms with Crippen molar-refractivity contribution in [2.45, 2.75) is 6.92 Å². The van der Waals surface area contributed by atoms with Crippen LogP contribution in [0.25, 0.3) is 0 Å². The van der Waals surface area contributed by atoms with Crippen LogP contribution in [0, 0.1) is 6.92 Å². The number of ether oxygens (including phenoxy) is 2. The number of nitrogens with one attached hydrogen (secondary N) is 2. The van der Waals surface area contributed by atoms with Crippen LogP contribution >= 0.6 is 11.6 Å². The average Bonchev–Trinajstić information content (AvgIpc) is 2.92. The third-order valence-electron chi connectivity index (χ3n) is 2.81. The van der Waals surface area contributed by atoms with E-state index in [0.29, 0.717) is 33.8 Å². The Balaban J connectivity index is 2.04. The molecule has 2 aromatic rings. The second kappa shape index (κ2) is 7.04. The third kappa shape index (κ3) is 3.82. The maximum atomic E-state index is 12.0. The van der Waals surface area contributed by atoms with E-state index in [4.69, 9.17) is 25.6 Å². The van der Waals surface area contributed by atoms with Crippen LogP contribution in [0.1, 0.15) is 5.76 Å². The minimum absolute atomic E-state index is 0.0278. The number of rotatable bonds is 6. The number of anilines is 2. The van der Waals surface area contributed by atoms with Crippen LogP contribution in [0.3, 0.4) is 0 Å². The fourth-order valence-corrected chi connectivity index (χ4v) is 2.00. The zero-order chi connectivity index (χ0) is 16.1. The normalized spacial score (nSPS) is 10.2. The molecule has 0 fully saturated rings. The molecule has 1 amide bonds. The van der Waals surface area contributed by atoms with E-state index in [0.717, 1.165) is 0 Å². The molecule has 0 spiro atoms.